The van der Waals surface area contributed by atoms with Gasteiger partial charge in [-0.1, -0.05) is 39.3 Å². The van der Waals surface area contributed by atoms with Gasteiger partial charge in [0.1, 0.15) is 23.7 Å². The van der Waals surface area contributed by atoms with Gasteiger partial charge in [-0.25, -0.2) is 4.98 Å². The van der Waals surface area contributed by atoms with Gasteiger partial charge in [0.15, 0.2) is 0 Å². The average Bonchev–Trinajstić information content (AvgIpc) is 2.96. The fourth-order valence-electron chi connectivity index (χ4n) is 9.18. The number of aromatic nitrogens is 1. The number of ether oxygens (including phenoxy) is 1. The van der Waals surface area contributed by atoms with Gasteiger partial charge in [0.05, 0.1) is 16.1 Å². The summed E-state index contributed by atoms with van der Waals surface area (Å²) in [7, 11) is 0. The average molecular weight is 642 g/mol. The van der Waals surface area contributed by atoms with Crippen LogP contribution >= 0.6 is 24.0 Å². The molecule has 1 aliphatic carbocycles. The number of amides is 1. The Labute approximate surface area is 273 Å². The van der Waals surface area contributed by atoms with Crippen molar-refractivity contribution in [2.45, 2.75) is 65.5 Å². The monoisotopic (exact) mass is 640 g/mol. The molecule has 0 unspecified atom stereocenters. The van der Waals surface area contributed by atoms with Gasteiger partial charge < -0.3 is 20.3 Å². The van der Waals surface area contributed by atoms with E-state index in [-0.39, 0.29) is 29.3 Å². The molecule has 1 aromatic carbocycles. The minimum atomic E-state index is -0.432. The molecule has 4 heterocycles. The first-order valence-corrected chi connectivity index (χ1v) is 16.1. The number of piperidine rings is 2. The normalized spacial score (nSPS) is 26.1. The molecule has 3 saturated heterocycles. The zero-order valence-electron chi connectivity index (χ0n) is 26.4. The van der Waals surface area contributed by atoms with E-state index >= 15 is 0 Å². The van der Waals surface area contributed by atoms with E-state index in [1.165, 1.54) is 45.3 Å². The summed E-state index contributed by atoms with van der Waals surface area (Å²) in [6.07, 6.45) is 6.56. The van der Waals surface area contributed by atoms with Crippen LogP contribution in [-0.2, 0) is 0 Å². The Bertz CT molecular complexity index is 1370. The number of primary amides is 1. The molecule has 0 radical (unpaired) electrons. The summed E-state index contributed by atoms with van der Waals surface area (Å²) >= 11 is 6.28. The number of carbonyl (C=O) groups is 1. The predicted octanol–water partition coefficient (Wildman–Crippen LogP) is 5.62. The van der Waals surface area contributed by atoms with E-state index in [0.717, 1.165) is 43.7 Å². The standard InChI is InChI=1S/C34H45ClN6O2.ClH/c1-32(2)30(33(3,4)31(32)43-26-7-5-24(18-36)27(35)17-26)41-13-9-23(10-14-41)20-39-21-34(22-39)11-15-40(16-12-34)28-8-6-25(19-38-28)29(37)42;/h5-8,17,19,23,30-31H,9-16,20-22H2,1-4H3,(H2,37,42);1H. The Morgan fingerprint density at radius 3 is 2.27 bits per heavy atom. The highest BCUT2D eigenvalue weighted by molar-refractivity contribution is 6.31. The minimum absolute atomic E-state index is 0. The molecule has 1 amide bonds. The molecule has 0 bridgehead atoms. The lowest BCUT2D eigenvalue weighted by Gasteiger charge is -2.67. The highest BCUT2D eigenvalue weighted by Crippen LogP contribution is 2.58. The largest absolute Gasteiger partial charge is 0.489 e. The number of anilines is 1. The molecular weight excluding hydrogens is 595 g/mol. The fourth-order valence-corrected chi connectivity index (χ4v) is 9.40. The van der Waals surface area contributed by atoms with Gasteiger partial charge in [0.2, 0.25) is 5.91 Å². The van der Waals surface area contributed by atoms with Crippen LogP contribution in [0.5, 0.6) is 5.75 Å². The number of halogens is 2. The number of likely N-dealkylation sites (tertiary alicyclic amines) is 2. The zero-order chi connectivity index (χ0) is 30.6. The molecule has 1 saturated carbocycles. The smallest absolute Gasteiger partial charge is 0.250 e. The number of rotatable bonds is 7. The van der Waals surface area contributed by atoms with Crippen LogP contribution in [0.4, 0.5) is 5.82 Å². The Morgan fingerprint density at radius 1 is 1.07 bits per heavy atom. The van der Waals surface area contributed by atoms with Gasteiger partial charge in [0, 0.05) is 61.9 Å². The number of nitrogens with two attached hydrogens (primary N) is 1. The van der Waals surface area contributed by atoms with Crippen LogP contribution in [0.25, 0.3) is 0 Å². The van der Waals surface area contributed by atoms with Crippen molar-refractivity contribution >= 4 is 35.7 Å². The number of nitriles is 1. The van der Waals surface area contributed by atoms with E-state index in [1.807, 2.05) is 12.1 Å². The number of hydrogen-bond donors (Lipinski definition) is 1. The van der Waals surface area contributed by atoms with Crippen molar-refractivity contribution in [2.24, 2.45) is 27.9 Å². The molecule has 0 atom stereocenters. The quantitative estimate of drug-likeness (QED) is 0.419. The highest BCUT2D eigenvalue weighted by atomic mass is 35.5. The van der Waals surface area contributed by atoms with E-state index < -0.39 is 5.91 Å². The van der Waals surface area contributed by atoms with Crippen molar-refractivity contribution < 1.29 is 9.53 Å². The molecule has 4 fully saturated rings. The summed E-state index contributed by atoms with van der Waals surface area (Å²) in [6.45, 7) is 17.3. The van der Waals surface area contributed by atoms with E-state index in [2.05, 4.69) is 53.4 Å². The van der Waals surface area contributed by atoms with Crippen molar-refractivity contribution in [3.63, 3.8) is 0 Å². The third kappa shape index (κ3) is 6.01. The van der Waals surface area contributed by atoms with Crippen molar-refractivity contribution in [3.05, 3.63) is 52.7 Å². The van der Waals surface area contributed by atoms with Crippen LogP contribution in [0.1, 0.15) is 69.3 Å². The predicted molar refractivity (Wildman–Crippen MR) is 177 cm³/mol. The van der Waals surface area contributed by atoms with Crippen molar-refractivity contribution in [1.82, 2.24) is 14.8 Å². The van der Waals surface area contributed by atoms with Crippen LogP contribution in [0.15, 0.2) is 36.5 Å². The Balaban J connectivity index is 0.00000384. The van der Waals surface area contributed by atoms with E-state index in [4.69, 9.17) is 22.1 Å². The topological polar surface area (TPSA) is 98.7 Å². The van der Waals surface area contributed by atoms with E-state index in [0.29, 0.717) is 27.6 Å². The lowest BCUT2D eigenvalue weighted by molar-refractivity contribution is -0.213. The summed E-state index contributed by atoms with van der Waals surface area (Å²) < 4.78 is 6.53. The first-order chi connectivity index (χ1) is 20.4. The Hall–Kier alpha value is -2.57. The first kappa shape index (κ1) is 32.8. The third-order valence-electron chi connectivity index (χ3n) is 10.9. The molecule has 4 aliphatic rings. The van der Waals surface area contributed by atoms with Crippen LogP contribution < -0.4 is 15.4 Å². The van der Waals surface area contributed by atoms with Crippen LogP contribution in [0.2, 0.25) is 5.02 Å². The van der Waals surface area contributed by atoms with E-state index in [9.17, 15) is 10.1 Å². The van der Waals surface area contributed by atoms with Gasteiger partial charge >= 0.3 is 0 Å². The van der Waals surface area contributed by atoms with E-state index in [1.54, 1.807) is 24.4 Å². The zero-order valence-corrected chi connectivity index (χ0v) is 28.0. The molecule has 6 rings (SSSR count). The maximum absolute atomic E-state index is 11.3. The molecule has 2 N–H and O–H groups in total. The lowest BCUT2D eigenvalue weighted by Crippen LogP contribution is -2.75. The minimum Gasteiger partial charge on any atom is -0.489 e. The van der Waals surface area contributed by atoms with Crippen LogP contribution in [0, 0.1) is 33.5 Å². The molecule has 1 aromatic heterocycles. The summed E-state index contributed by atoms with van der Waals surface area (Å²) in [5.41, 5.74) is 6.77. The second-order valence-electron chi connectivity index (χ2n) is 14.7. The molecule has 1 spiro atoms. The fraction of sp³-hybridized carbons (Fsp3) is 0.618. The second-order valence-corrected chi connectivity index (χ2v) is 15.1. The van der Waals surface area contributed by atoms with Gasteiger partial charge in [-0.2, -0.15) is 5.26 Å². The molecule has 3 aliphatic heterocycles. The van der Waals surface area contributed by atoms with Crippen LogP contribution in [-0.4, -0.2) is 78.7 Å². The summed E-state index contributed by atoms with van der Waals surface area (Å²) in [6, 6.07) is 11.7. The summed E-state index contributed by atoms with van der Waals surface area (Å²) in [4.78, 5) is 23.6. The Kier molecular flexibility index (Phi) is 9.19. The maximum Gasteiger partial charge on any atom is 0.250 e. The van der Waals surface area contributed by atoms with Crippen molar-refractivity contribution in [2.75, 3.05) is 50.7 Å². The highest BCUT2D eigenvalue weighted by Gasteiger charge is 2.65. The van der Waals surface area contributed by atoms with Gasteiger partial charge in [-0.3, -0.25) is 9.69 Å². The number of pyridine rings is 1. The lowest BCUT2D eigenvalue weighted by atomic mass is 9.48. The van der Waals surface area contributed by atoms with Gasteiger partial charge in [0.25, 0.3) is 0 Å². The molecular formula is C34H46Cl2N6O2. The molecule has 238 valence electrons. The maximum atomic E-state index is 11.3. The summed E-state index contributed by atoms with van der Waals surface area (Å²) in [5.74, 6) is 2.01. The third-order valence-corrected chi connectivity index (χ3v) is 11.2. The van der Waals surface area contributed by atoms with Gasteiger partial charge in [-0.05, 0) is 74.4 Å². The number of benzene rings is 1. The first-order valence-electron chi connectivity index (χ1n) is 15.8. The van der Waals surface area contributed by atoms with Crippen molar-refractivity contribution in [3.8, 4) is 11.8 Å². The Morgan fingerprint density at radius 2 is 1.73 bits per heavy atom. The summed E-state index contributed by atoms with van der Waals surface area (Å²) in [5, 5.41) is 9.65. The number of carbonyl (C=O) groups excluding carboxylic acids is 1. The molecule has 44 heavy (non-hydrogen) atoms. The van der Waals surface area contributed by atoms with Crippen molar-refractivity contribution in [1.29, 1.82) is 5.26 Å². The number of hydrogen-bond acceptors (Lipinski definition) is 7. The molecule has 2 aromatic rings. The SMILES string of the molecule is CC1(C)C(Oc2ccc(C#N)c(Cl)c2)C(C)(C)C1N1CCC(CN2CC3(CCN(c4ccc(C(N)=O)cn4)CC3)C2)CC1.Cl. The van der Waals surface area contributed by atoms with Crippen LogP contribution in [0.3, 0.4) is 0 Å². The molecule has 10 heteroatoms. The second kappa shape index (κ2) is 12.3. The number of nitrogens with zero attached hydrogens (tertiary/aromatic N) is 5. The molecule has 8 nitrogen and oxygen atoms in total. The van der Waals surface area contributed by atoms with Gasteiger partial charge in [-0.15, -0.1) is 12.4 Å².